The Morgan fingerprint density at radius 2 is 1.79 bits per heavy atom. The average molecular weight is 391 g/mol. The summed E-state index contributed by atoms with van der Waals surface area (Å²) in [6.07, 6.45) is 1.39. The van der Waals surface area contributed by atoms with Crippen LogP contribution in [0.2, 0.25) is 0 Å². The molecule has 0 atom stereocenters. The van der Waals surface area contributed by atoms with E-state index in [1.165, 1.54) is 12.3 Å². The first-order valence-corrected chi connectivity index (χ1v) is 8.95. The lowest BCUT2D eigenvalue weighted by Gasteiger charge is -2.08. The molecule has 3 N–H and O–H groups in total. The lowest BCUT2D eigenvalue weighted by atomic mass is 10.0. The first-order valence-electron chi connectivity index (χ1n) is 8.95. The Balaban J connectivity index is 1.63. The van der Waals surface area contributed by atoms with Crippen molar-refractivity contribution < 1.29 is 19.1 Å². The molecule has 0 fully saturated rings. The summed E-state index contributed by atoms with van der Waals surface area (Å²) in [5.74, 6) is 0.0613. The van der Waals surface area contributed by atoms with E-state index in [9.17, 15) is 9.59 Å². The van der Waals surface area contributed by atoms with Crippen LogP contribution in [0.1, 0.15) is 32.8 Å². The molecule has 3 rings (SSSR count). The highest BCUT2D eigenvalue weighted by Gasteiger charge is 2.10. The Kier molecular flexibility index (Phi) is 5.78. The van der Waals surface area contributed by atoms with E-state index >= 15 is 0 Å². The van der Waals surface area contributed by atoms with Gasteiger partial charge in [-0.2, -0.15) is 5.10 Å². The second-order valence-electron chi connectivity index (χ2n) is 6.68. The number of nitrogens with one attached hydrogen (secondary N) is 2. The van der Waals surface area contributed by atoms with E-state index in [1.807, 2.05) is 39.0 Å². The standard InChI is InChI=1S/C22H21N3O4/c1-13-4-8-19(15(3)10-13)24-22(28)25-23-12-17-6-9-20(29-17)18-7-5-16(21(26)27)11-14(18)2/h4-12H,1-3H3,(H,26,27)(H2,24,25,28)/b23-12+. The molecule has 1 heterocycles. The number of carbonyl (C=O) groups is 2. The number of benzene rings is 2. The summed E-state index contributed by atoms with van der Waals surface area (Å²) in [7, 11) is 0. The predicted octanol–water partition coefficient (Wildman–Crippen LogP) is 4.73. The Labute approximate surface area is 168 Å². The third-order valence-corrected chi connectivity index (χ3v) is 4.35. The van der Waals surface area contributed by atoms with Gasteiger partial charge in [-0.3, -0.25) is 0 Å². The van der Waals surface area contributed by atoms with Crippen molar-refractivity contribution in [3.63, 3.8) is 0 Å². The number of hydrogen-bond acceptors (Lipinski definition) is 4. The number of carbonyl (C=O) groups excluding carboxylic acids is 1. The van der Waals surface area contributed by atoms with Crippen molar-refractivity contribution in [2.24, 2.45) is 5.10 Å². The maximum Gasteiger partial charge on any atom is 0.339 e. The van der Waals surface area contributed by atoms with Crippen LogP contribution in [-0.4, -0.2) is 23.3 Å². The number of furan rings is 1. The van der Waals surface area contributed by atoms with Gasteiger partial charge < -0.3 is 14.8 Å². The number of amides is 2. The number of aromatic carboxylic acids is 1. The highest BCUT2D eigenvalue weighted by atomic mass is 16.4. The number of nitrogens with zero attached hydrogens (tertiary/aromatic N) is 1. The summed E-state index contributed by atoms with van der Waals surface area (Å²) < 4.78 is 5.71. The second kappa shape index (κ2) is 8.43. The molecular weight excluding hydrogens is 370 g/mol. The van der Waals surface area contributed by atoms with Gasteiger partial charge in [-0.25, -0.2) is 15.0 Å². The van der Waals surface area contributed by atoms with Crippen LogP contribution in [0.4, 0.5) is 10.5 Å². The van der Waals surface area contributed by atoms with Crippen molar-refractivity contribution in [1.29, 1.82) is 0 Å². The highest BCUT2D eigenvalue weighted by Crippen LogP contribution is 2.26. The number of aryl methyl sites for hydroxylation is 3. The number of hydrogen-bond donors (Lipinski definition) is 3. The summed E-state index contributed by atoms with van der Waals surface area (Å²) in [5.41, 5.74) is 6.98. The number of carboxylic acids is 1. The number of urea groups is 1. The summed E-state index contributed by atoms with van der Waals surface area (Å²) >= 11 is 0. The second-order valence-corrected chi connectivity index (χ2v) is 6.68. The highest BCUT2D eigenvalue weighted by molar-refractivity contribution is 5.91. The maximum atomic E-state index is 12.0. The van der Waals surface area contributed by atoms with Gasteiger partial charge >= 0.3 is 12.0 Å². The Morgan fingerprint density at radius 3 is 2.48 bits per heavy atom. The maximum absolute atomic E-state index is 12.0. The van der Waals surface area contributed by atoms with Crippen molar-refractivity contribution >= 4 is 23.9 Å². The van der Waals surface area contributed by atoms with Gasteiger partial charge in [0.05, 0.1) is 11.8 Å². The van der Waals surface area contributed by atoms with Crippen molar-refractivity contribution in [3.05, 3.63) is 76.5 Å². The molecule has 7 heteroatoms. The van der Waals surface area contributed by atoms with E-state index in [4.69, 9.17) is 9.52 Å². The van der Waals surface area contributed by atoms with Gasteiger partial charge in [-0.05, 0) is 62.2 Å². The zero-order valence-corrected chi connectivity index (χ0v) is 16.3. The van der Waals surface area contributed by atoms with E-state index in [-0.39, 0.29) is 5.56 Å². The SMILES string of the molecule is Cc1ccc(NC(=O)N/N=C/c2ccc(-c3ccc(C(=O)O)cc3C)o2)c(C)c1. The Bertz CT molecular complexity index is 1100. The van der Waals surface area contributed by atoms with Crippen LogP contribution in [0.5, 0.6) is 0 Å². The van der Waals surface area contributed by atoms with E-state index in [0.29, 0.717) is 17.2 Å². The molecule has 148 valence electrons. The molecule has 0 aliphatic rings. The lowest BCUT2D eigenvalue weighted by Crippen LogP contribution is -2.24. The molecular formula is C22H21N3O4. The largest absolute Gasteiger partial charge is 0.478 e. The fourth-order valence-corrected chi connectivity index (χ4v) is 2.90. The molecule has 0 aliphatic carbocycles. The topological polar surface area (TPSA) is 104 Å². The van der Waals surface area contributed by atoms with Crippen LogP contribution in [-0.2, 0) is 0 Å². The van der Waals surface area contributed by atoms with Crippen molar-refractivity contribution in [3.8, 4) is 11.3 Å². The predicted molar refractivity (Wildman–Crippen MR) is 112 cm³/mol. The smallest absolute Gasteiger partial charge is 0.339 e. The van der Waals surface area contributed by atoms with Gasteiger partial charge in [0.1, 0.15) is 11.5 Å². The van der Waals surface area contributed by atoms with Crippen molar-refractivity contribution in [2.75, 3.05) is 5.32 Å². The molecule has 0 saturated heterocycles. The van der Waals surface area contributed by atoms with Crippen LogP contribution >= 0.6 is 0 Å². The fourth-order valence-electron chi connectivity index (χ4n) is 2.90. The zero-order valence-electron chi connectivity index (χ0n) is 16.3. The molecule has 3 aromatic rings. The van der Waals surface area contributed by atoms with Gasteiger partial charge in [-0.15, -0.1) is 0 Å². The summed E-state index contributed by atoms with van der Waals surface area (Å²) in [5, 5.41) is 15.7. The Morgan fingerprint density at radius 1 is 1.00 bits per heavy atom. The number of rotatable bonds is 5. The molecule has 7 nitrogen and oxygen atoms in total. The molecule has 0 saturated carbocycles. The summed E-state index contributed by atoms with van der Waals surface area (Å²) in [4.78, 5) is 23.0. The normalized spacial score (nSPS) is 10.9. The van der Waals surface area contributed by atoms with Gasteiger partial charge in [-0.1, -0.05) is 23.8 Å². The first-order chi connectivity index (χ1) is 13.8. The van der Waals surface area contributed by atoms with Gasteiger partial charge in [0.2, 0.25) is 0 Å². The molecule has 2 aromatic carbocycles. The number of anilines is 1. The molecule has 0 radical (unpaired) electrons. The molecule has 0 unspecified atom stereocenters. The fraction of sp³-hybridized carbons (Fsp3) is 0.136. The van der Waals surface area contributed by atoms with E-state index in [2.05, 4.69) is 15.8 Å². The van der Waals surface area contributed by atoms with Gasteiger partial charge in [0.25, 0.3) is 0 Å². The van der Waals surface area contributed by atoms with Crippen LogP contribution in [0.25, 0.3) is 11.3 Å². The quantitative estimate of drug-likeness (QED) is 0.432. The molecule has 0 aliphatic heterocycles. The third-order valence-electron chi connectivity index (χ3n) is 4.35. The van der Waals surface area contributed by atoms with Crippen LogP contribution in [0.3, 0.4) is 0 Å². The average Bonchev–Trinajstić information content (AvgIpc) is 3.12. The lowest BCUT2D eigenvalue weighted by molar-refractivity contribution is 0.0696. The first kappa shape index (κ1) is 19.9. The summed E-state index contributed by atoms with van der Waals surface area (Å²) in [6, 6.07) is 13.6. The Hall–Kier alpha value is -3.87. The van der Waals surface area contributed by atoms with Gasteiger partial charge in [0, 0.05) is 11.3 Å². The zero-order chi connectivity index (χ0) is 21.0. The molecule has 0 bridgehead atoms. The van der Waals surface area contributed by atoms with Crippen LogP contribution in [0.15, 0.2) is 58.0 Å². The molecule has 2 amide bonds. The monoisotopic (exact) mass is 391 g/mol. The van der Waals surface area contributed by atoms with Gasteiger partial charge in [0.15, 0.2) is 0 Å². The molecule has 1 aromatic heterocycles. The minimum Gasteiger partial charge on any atom is -0.478 e. The minimum absolute atomic E-state index is 0.221. The van der Waals surface area contributed by atoms with Crippen LogP contribution in [0, 0.1) is 20.8 Å². The van der Waals surface area contributed by atoms with Crippen molar-refractivity contribution in [1.82, 2.24) is 5.43 Å². The molecule has 29 heavy (non-hydrogen) atoms. The number of carboxylic acid groups (broad SMARTS) is 1. The van der Waals surface area contributed by atoms with E-state index in [1.54, 1.807) is 24.3 Å². The van der Waals surface area contributed by atoms with Crippen LogP contribution < -0.4 is 10.7 Å². The van der Waals surface area contributed by atoms with E-state index < -0.39 is 12.0 Å². The molecule has 0 spiro atoms. The number of hydrazone groups is 1. The third kappa shape index (κ3) is 4.90. The van der Waals surface area contributed by atoms with E-state index in [0.717, 1.165) is 22.3 Å². The summed E-state index contributed by atoms with van der Waals surface area (Å²) in [6.45, 7) is 5.72. The van der Waals surface area contributed by atoms with Crippen molar-refractivity contribution in [2.45, 2.75) is 20.8 Å². The minimum atomic E-state index is -0.975.